The monoisotopic (exact) mass is 276 g/mol. The molecule has 1 aromatic carbocycles. The summed E-state index contributed by atoms with van der Waals surface area (Å²) in [6.07, 6.45) is 3.31. The van der Waals surface area contributed by atoms with Crippen LogP contribution in [0.3, 0.4) is 0 Å². The average molecular weight is 276 g/mol. The van der Waals surface area contributed by atoms with Gasteiger partial charge in [-0.05, 0) is 50.5 Å². The fraction of sp³-hybridized carbons (Fsp3) is 0.467. The summed E-state index contributed by atoms with van der Waals surface area (Å²) in [5.41, 5.74) is 5.65. The van der Waals surface area contributed by atoms with Crippen molar-refractivity contribution in [1.29, 1.82) is 0 Å². The predicted molar refractivity (Wildman–Crippen MR) is 75.5 cm³/mol. The first kappa shape index (κ1) is 14.4. The number of likely N-dealkylation sites (tertiary alicyclic amines) is 1. The van der Waals surface area contributed by atoms with Crippen LogP contribution in [0.2, 0.25) is 0 Å². The second-order valence-corrected chi connectivity index (χ2v) is 5.12. The van der Waals surface area contributed by atoms with E-state index >= 15 is 0 Å². The van der Waals surface area contributed by atoms with Crippen molar-refractivity contribution in [3.05, 3.63) is 29.8 Å². The van der Waals surface area contributed by atoms with Gasteiger partial charge in [-0.2, -0.15) is 0 Å². The third-order valence-corrected chi connectivity index (χ3v) is 3.55. The van der Waals surface area contributed by atoms with Crippen LogP contribution in [-0.2, 0) is 4.79 Å². The predicted octanol–water partition coefficient (Wildman–Crippen LogP) is 1.57. The van der Waals surface area contributed by atoms with Gasteiger partial charge in [0.1, 0.15) is 5.75 Å². The maximum absolute atomic E-state index is 12.4. The van der Waals surface area contributed by atoms with E-state index in [1.54, 1.807) is 24.3 Å². The molecule has 1 aliphatic heterocycles. The van der Waals surface area contributed by atoms with E-state index < -0.39 is 5.91 Å². The molecule has 20 heavy (non-hydrogen) atoms. The van der Waals surface area contributed by atoms with Gasteiger partial charge < -0.3 is 15.4 Å². The van der Waals surface area contributed by atoms with E-state index in [0.717, 1.165) is 19.4 Å². The van der Waals surface area contributed by atoms with Crippen molar-refractivity contribution in [2.75, 3.05) is 13.2 Å². The minimum atomic E-state index is -0.521. The summed E-state index contributed by atoms with van der Waals surface area (Å²) >= 11 is 0. The molecule has 2 amide bonds. The smallest absolute Gasteiger partial charge is 0.255 e. The fourth-order valence-electron chi connectivity index (χ4n) is 2.41. The Kier molecular flexibility index (Phi) is 4.61. The number of hydrogen-bond acceptors (Lipinski definition) is 3. The molecular weight excluding hydrogens is 256 g/mol. The highest BCUT2D eigenvalue weighted by Gasteiger charge is 2.23. The van der Waals surface area contributed by atoms with E-state index in [0.29, 0.717) is 17.4 Å². The van der Waals surface area contributed by atoms with Crippen LogP contribution >= 0.6 is 0 Å². The average Bonchev–Trinajstić information content (AvgIpc) is 2.45. The van der Waals surface area contributed by atoms with Crippen LogP contribution in [0.1, 0.15) is 36.5 Å². The van der Waals surface area contributed by atoms with Crippen LogP contribution in [-0.4, -0.2) is 35.9 Å². The van der Waals surface area contributed by atoms with E-state index in [-0.39, 0.29) is 12.5 Å². The number of primary amides is 1. The van der Waals surface area contributed by atoms with Crippen LogP contribution in [0.4, 0.5) is 0 Å². The minimum Gasteiger partial charge on any atom is -0.484 e. The van der Waals surface area contributed by atoms with Crippen molar-refractivity contribution in [2.45, 2.75) is 32.2 Å². The summed E-state index contributed by atoms with van der Waals surface area (Å²) in [6, 6.07) is 7.11. The Balaban J connectivity index is 2.01. The molecule has 5 heteroatoms. The van der Waals surface area contributed by atoms with Gasteiger partial charge in [0, 0.05) is 18.2 Å². The van der Waals surface area contributed by atoms with Gasteiger partial charge in [0.05, 0.1) is 0 Å². The zero-order chi connectivity index (χ0) is 14.5. The van der Waals surface area contributed by atoms with Crippen molar-refractivity contribution in [1.82, 2.24) is 4.90 Å². The molecule has 1 saturated heterocycles. The van der Waals surface area contributed by atoms with Crippen LogP contribution < -0.4 is 10.5 Å². The van der Waals surface area contributed by atoms with Crippen LogP contribution in [0.15, 0.2) is 24.3 Å². The van der Waals surface area contributed by atoms with Crippen LogP contribution in [0.25, 0.3) is 0 Å². The van der Waals surface area contributed by atoms with Gasteiger partial charge in [0.2, 0.25) is 0 Å². The zero-order valence-electron chi connectivity index (χ0n) is 11.7. The Morgan fingerprint density at radius 2 is 2.00 bits per heavy atom. The molecule has 2 N–H and O–H groups in total. The van der Waals surface area contributed by atoms with Gasteiger partial charge in [0.25, 0.3) is 11.8 Å². The Labute approximate surface area is 118 Å². The molecule has 108 valence electrons. The molecule has 1 unspecified atom stereocenters. The number of rotatable bonds is 4. The number of piperidine rings is 1. The number of carbonyl (C=O) groups excluding carboxylic acids is 2. The molecule has 1 fully saturated rings. The number of carbonyl (C=O) groups is 2. The zero-order valence-corrected chi connectivity index (χ0v) is 11.7. The SMILES string of the molecule is CC1CCCCN1C(=O)c1ccc(OCC(N)=O)cc1. The van der Waals surface area contributed by atoms with E-state index in [2.05, 4.69) is 6.92 Å². The maximum Gasteiger partial charge on any atom is 0.255 e. The third kappa shape index (κ3) is 3.50. The maximum atomic E-state index is 12.4. The highest BCUT2D eigenvalue weighted by atomic mass is 16.5. The molecule has 0 spiro atoms. The van der Waals surface area contributed by atoms with Crippen molar-refractivity contribution >= 4 is 11.8 Å². The van der Waals surface area contributed by atoms with Gasteiger partial charge in [-0.3, -0.25) is 9.59 Å². The fourth-order valence-corrected chi connectivity index (χ4v) is 2.41. The normalized spacial score (nSPS) is 18.6. The molecule has 0 radical (unpaired) electrons. The number of ether oxygens (including phenoxy) is 1. The van der Waals surface area contributed by atoms with Crippen LogP contribution in [0.5, 0.6) is 5.75 Å². The highest BCUT2D eigenvalue weighted by Crippen LogP contribution is 2.20. The summed E-state index contributed by atoms with van der Waals surface area (Å²) in [5.74, 6) is 0.0676. The molecule has 0 aromatic heterocycles. The van der Waals surface area contributed by atoms with Gasteiger partial charge in [0.15, 0.2) is 6.61 Å². The largest absolute Gasteiger partial charge is 0.484 e. The number of amides is 2. The summed E-state index contributed by atoms with van der Waals surface area (Å²) in [5, 5.41) is 0. The summed E-state index contributed by atoms with van der Waals surface area (Å²) in [4.78, 5) is 24.9. The van der Waals surface area contributed by atoms with Gasteiger partial charge in [-0.1, -0.05) is 0 Å². The highest BCUT2D eigenvalue weighted by molar-refractivity contribution is 5.94. The minimum absolute atomic E-state index is 0.0543. The number of nitrogens with two attached hydrogens (primary N) is 1. The third-order valence-electron chi connectivity index (χ3n) is 3.55. The topological polar surface area (TPSA) is 72.6 Å². The van der Waals surface area contributed by atoms with E-state index in [1.165, 1.54) is 6.42 Å². The molecule has 1 aromatic rings. The van der Waals surface area contributed by atoms with Crippen molar-refractivity contribution in [2.24, 2.45) is 5.73 Å². The summed E-state index contributed by atoms with van der Waals surface area (Å²) < 4.78 is 5.17. The molecule has 1 aliphatic rings. The Bertz CT molecular complexity index is 484. The summed E-state index contributed by atoms with van der Waals surface area (Å²) in [7, 11) is 0. The van der Waals surface area contributed by atoms with Gasteiger partial charge in [-0.25, -0.2) is 0 Å². The molecule has 1 atom stereocenters. The second kappa shape index (κ2) is 6.41. The molecule has 0 bridgehead atoms. The number of nitrogens with zero attached hydrogens (tertiary/aromatic N) is 1. The van der Waals surface area contributed by atoms with E-state index in [1.807, 2.05) is 4.90 Å². The van der Waals surface area contributed by atoms with Crippen LogP contribution in [0, 0.1) is 0 Å². The summed E-state index contributed by atoms with van der Waals surface area (Å²) in [6.45, 7) is 2.75. The molecule has 2 rings (SSSR count). The Morgan fingerprint density at radius 1 is 1.30 bits per heavy atom. The lowest BCUT2D eigenvalue weighted by Crippen LogP contribution is -2.41. The number of benzene rings is 1. The lowest BCUT2D eigenvalue weighted by atomic mass is 10.0. The number of hydrogen-bond donors (Lipinski definition) is 1. The van der Waals surface area contributed by atoms with E-state index in [4.69, 9.17) is 10.5 Å². The Morgan fingerprint density at radius 3 is 2.60 bits per heavy atom. The first-order valence-electron chi connectivity index (χ1n) is 6.90. The Hall–Kier alpha value is -2.04. The van der Waals surface area contributed by atoms with Crippen molar-refractivity contribution in [3.63, 3.8) is 0 Å². The molecule has 0 saturated carbocycles. The quantitative estimate of drug-likeness (QED) is 0.907. The standard InChI is InChI=1S/C15H20N2O3/c1-11-4-2-3-9-17(11)15(19)12-5-7-13(8-6-12)20-10-14(16)18/h5-8,11H,2-4,9-10H2,1H3,(H2,16,18). The van der Waals surface area contributed by atoms with Gasteiger partial charge in [-0.15, -0.1) is 0 Å². The van der Waals surface area contributed by atoms with E-state index in [9.17, 15) is 9.59 Å². The van der Waals surface area contributed by atoms with Crippen molar-refractivity contribution in [3.8, 4) is 5.75 Å². The lowest BCUT2D eigenvalue weighted by Gasteiger charge is -2.33. The van der Waals surface area contributed by atoms with Crippen molar-refractivity contribution < 1.29 is 14.3 Å². The lowest BCUT2D eigenvalue weighted by molar-refractivity contribution is -0.119. The first-order chi connectivity index (χ1) is 9.58. The van der Waals surface area contributed by atoms with Gasteiger partial charge >= 0.3 is 0 Å². The molecular formula is C15H20N2O3. The molecule has 5 nitrogen and oxygen atoms in total. The second-order valence-electron chi connectivity index (χ2n) is 5.12. The first-order valence-corrected chi connectivity index (χ1v) is 6.90. The molecule has 1 heterocycles. The molecule has 0 aliphatic carbocycles.